The molecule has 1 atom stereocenters. The fraction of sp³-hybridized carbons (Fsp3) is 0.375. The van der Waals surface area contributed by atoms with Gasteiger partial charge in [-0.05, 0) is 56.4 Å². The Hall–Kier alpha value is -3.15. The SMILES string of the molecule is C[C@H](NC(=O)c1ccc2nc(CCc3ccccc3)oc2c1)C(=O)N1CCCCC1. The number of nitrogens with one attached hydrogen (secondary N) is 1. The highest BCUT2D eigenvalue weighted by Gasteiger charge is 2.24. The largest absolute Gasteiger partial charge is 0.441 e. The number of hydrogen-bond acceptors (Lipinski definition) is 4. The second kappa shape index (κ2) is 9.11. The molecule has 0 spiro atoms. The molecule has 1 aliphatic heterocycles. The quantitative estimate of drug-likeness (QED) is 0.678. The average Bonchev–Trinajstić information content (AvgIpc) is 3.20. The zero-order chi connectivity index (χ0) is 20.9. The van der Waals surface area contributed by atoms with Gasteiger partial charge in [0.25, 0.3) is 5.91 Å². The number of piperidine rings is 1. The molecule has 2 aromatic carbocycles. The van der Waals surface area contributed by atoms with E-state index in [-0.39, 0.29) is 11.8 Å². The highest BCUT2D eigenvalue weighted by Crippen LogP contribution is 2.19. The molecule has 1 aromatic heterocycles. The van der Waals surface area contributed by atoms with Crippen LogP contribution in [-0.4, -0.2) is 40.8 Å². The van der Waals surface area contributed by atoms with Crippen molar-refractivity contribution in [2.75, 3.05) is 13.1 Å². The Morgan fingerprint density at radius 1 is 1.07 bits per heavy atom. The first-order valence-electron chi connectivity index (χ1n) is 10.6. The zero-order valence-electron chi connectivity index (χ0n) is 17.3. The summed E-state index contributed by atoms with van der Waals surface area (Å²) in [7, 11) is 0. The van der Waals surface area contributed by atoms with Crippen molar-refractivity contribution in [3.8, 4) is 0 Å². The van der Waals surface area contributed by atoms with Crippen molar-refractivity contribution < 1.29 is 14.0 Å². The minimum atomic E-state index is -0.553. The topological polar surface area (TPSA) is 75.4 Å². The van der Waals surface area contributed by atoms with Gasteiger partial charge in [-0.1, -0.05) is 30.3 Å². The van der Waals surface area contributed by atoms with E-state index < -0.39 is 6.04 Å². The van der Waals surface area contributed by atoms with E-state index in [1.54, 1.807) is 25.1 Å². The summed E-state index contributed by atoms with van der Waals surface area (Å²) in [6.07, 6.45) is 4.76. The normalized spacial score (nSPS) is 15.2. The first kappa shape index (κ1) is 20.1. The number of aromatic nitrogens is 1. The molecule has 1 aliphatic rings. The van der Waals surface area contributed by atoms with Gasteiger partial charge in [-0.3, -0.25) is 9.59 Å². The molecule has 6 nitrogen and oxygen atoms in total. The van der Waals surface area contributed by atoms with Gasteiger partial charge in [0.05, 0.1) is 0 Å². The summed E-state index contributed by atoms with van der Waals surface area (Å²) in [5.41, 5.74) is 3.01. The number of hydrogen-bond donors (Lipinski definition) is 1. The van der Waals surface area contributed by atoms with Crippen molar-refractivity contribution in [3.05, 3.63) is 65.5 Å². The van der Waals surface area contributed by atoms with Gasteiger partial charge in [0, 0.05) is 25.1 Å². The highest BCUT2D eigenvalue weighted by atomic mass is 16.3. The van der Waals surface area contributed by atoms with Crippen LogP contribution < -0.4 is 5.32 Å². The summed E-state index contributed by atoms with van der Waals surface area (Å²) in [5, 5.41) is 2.82. The van der Waals surface area contributed by atoms with E-state index in [1.165, 1.54) is 5.56 Å². The van der Waals surface area contributed by atoms with Gasteiger partial charge >= 0.3 is 0 Å². The molecule has 0 radical (unpaired) electrons. The minimum Gasteiger partial charge on any atom is -0.441 e. The number of carbonyl (C=O) groups is 2. The van der Waals surface area contributed by atoms with Crippen LogP contribution in [0.3, 0.4) is 0 Å². The fourth-order valence-electron chi connectivity index (χ4n) is 3.85. The van der Waals surface area contributed by atoms with E-state index in [9.17, 15) is 9.59 Å². The molecule has 1 saturated heterocycles. The number of rotatable bonds is 6. The lowest BCUT2D eigenvalue weighted by Crippen LogP contribution is -2.48. The Bertz CT molecular complexity index is 1020. The summed E-state index contributed by atoms with van der Waals surface area (Å²) in [6, 6.07) is 14.8. The molecular weight excluding hydrogens is 378 g/mol. The number of benzene rings is 2. The maximum Gasteiger partial charge on any atom is 0.252 e. The van der Waals surface area contributed by atoms with E-state index in [0.717, 1.165) is 44.3 Å². The Balaban J connectivity index is 1.39. The van der Waals surface area contributed by atoms with Crippen LogP contribution in [0.2, 0.25) is 0 Å². The van der Waals surface area contributed by atoms with Gasteiger partial charge in [0.1, 0.15) is 11.6 Å². The van der Waals surface area contributed by atoms with Crippen molar-refractivity contribution in [1.82, 2.24) is 15.2 Å². The summed E-state index contributed by atoms with van der Waals surface area (Å²) >= 11 is 0. The first-order chi connectivity index (χ1) is 14.6. The Labute approximate surface area is 176 Å². The molecular formula is C24H27N3O3. The molecule has 2 amide bonds. The van der Waals surface area contributed by atoms with E-state index in [4.69, 9.17) is 4.42 Å². The third-order valence-corrected chi connectivity index (χ3v) is 5.55. The van der Waals surface area contributed by atoms with E-state index in [1.807, 2.05) is 23.1 Å². The molecule has 2 heterocycles. The van der Waals surface area contributed by atoms with Crippen molar-refractivity contribution in [1.29, 1.82) is 0 Å². The van der Waals surface area contributed by atoms with Gasteiger partial charge in [0.2, 0.25) is 5.91 Å². The van der Waals surface area contributed by atoms with Crippen molar-refractivity contribution in [2.45, 2.75) is 45.1 Å². The third-order valence-electron chi connectivity index (χ3n) is 5.55. The van der Waals surface area contributed by atoms with Gasteiger partial charge in [-0.15, -0.1) is 0 Å². The number of amides is 2. The number of oxazole rings is 1. The van der Waals surface area contributed by atoms with Crippen LogP contribution >= 0.6 is 0 Å². The molecule has 1 fully saturated rings. The fourth-order valence-corrected chi connectivity index (χ4v) is 3.85. The predicted molar refractivity (Wildman–Crippen MR) is 115 cm³/mol. The zero-order valence-corrected chi connectivity index (χ0v) is 17.3. The third kappa shape index (κ3) is 4.70. The standard InChI is InChI=1S/C24H27N3O3/c1-17(24(29)27-14-6-3-7-15-27)25-23(28)19-11-12-20-21(16-19)30-22(26-20)13-10-18-8-4-2-5-9-18/h2,4-5,8-9,11-12,16-17H,3,6-7,10,13-15H2,1H3,(H,25,28)/t17-/m0/s1. The predicted octanol–water partition coefficient (Wildman–Crippen LogP) is 3.74. The lowest BCUT2D eigenvalue weighted by atomic mass is 10.1. The second-order valence-corrected chi connectivity index (χ2v) is 7.86. The summed E-state index contributed by atoms with van der Waals surface area (Å²) < 4.78 is 5.86. The van der Waals surface area contributed by atoms with Crippen LogP contribution in [0.4, 0.5) is 0 Å². The van der Waals surface area contributed by atoms with Crippen LogP contribution in [0.1, 0.15) is 48.0 Å². The molecule has 30 heavy (non-hydrogen) atoms. The number of carbonyl (C=O) groups excluding carboxylic acids is 2. The van der Waals surface area contributed by atoms with Crippen LogP contribution in [-0.2, 0) is 17.6 Å². The van der Waals surface area contributed by atoms with Crippen LogP contribution in [0.25, 0.3) is 11.1 Å². The molecule has 1 N–H and O–H groups in total. The van der Waals surface area contributed by atoms with Crippen LogP contribution in [0.15, 0.2) is 52.9 Å². The summed E-state index contributed by atoms with van der Waals surface area (Å²) in [4.78, 5) is 31.6. The van der Waals surface area contributed by atoms with Crippen molar-refractivity contribution in [2.24, 2.45) is 0 Å². The van der Waals surface area contributed by atoms with Crippen LogP contribution in [0, 0.1) is 0 Å². The molecule has 0 saturated carbocycles. The smallest absolute Gasteiger partial charge is 0.252 e. The maximum absolute atomic E-state index is 12.7. The number of fused-ring (bicyclic) bond motifs is 1. The molecule has 4 rings (SSSR count). The Kier molecular flexibility index (Phi) is 6.12. The second-order valence-electron chi connectivity index (χ2n) is 7.86. The Morgan fingerprint density at radius 2 is 1.83 bits per heavy atom. The minimum absolute atomic E-state index is 0.0213. The molecule has 6 heteroatoms. The Morgan fingerprint density at radius 3 is 2.60 bits per heavy atom. The van der Waals surface area contributed by atoms with Gasteiger partial charge in [-0.2, -0.15) is 0 Å². The molecule has 3 aromatic rings. The number of likely N-dealkylation sites (tertiary alicyclic amines) is 1. The van der Waals surface area contributed by atoms with Gasteiger partial charge in [0.15, 0.2) is 11.5 Å². The van der Waals surface area contributed by atoms with Crippen LogP contribution in [0.5, 0.6) is 0 Å². The molecule has 0 aliphatic carbocycles. The number of nitrogens with zero attached hydrogens (tertiary/aromatic N) is 2. The maximum atomic E-state index is 12.7. The van der Waals surface area contributed by atoms with E-state index in [2.05, 4.69) is 22.4 Å². The van der Waals surface area contributed by atoms with Crippen molar-refractivity contribution >= 4 is 22.9 Å². The summed E-state index contributed by atoms with van der Waals surface area (Å²) in [5.74, 6) is 0.351. The molecule has 0 unspecified atom stereocenters. The average molecular weight is 405 g/mol. The van der Waals surface area contributed by atoms with Crippen molar-refractivity contribution in [3.63, 3.8) is 0 Å². The molecule has 156 valence electrons. The molecule has 0 bridgehead atoms. The van der Waals surface area contributed by atoms with Gasteiger partial charge < -0.3 is 14.6 Å². The monoisotopic (exact) mass is 405 g/mol. The lowest BCUT2D eigenvalue weighted by Gasteiger charge is -2.29. The first-order valence-corrected chi connectivity index (χ1v) is 10.6. The lowest BCUT2D eigenvalue weighted by molar-refractivity contribution is -0.133. The highest BCUT2D eigenvalue weighted by molar-refractivity contribution is 5.99. The van der Waals surface area contributed by atoms with E-state index in [0.29, 0.717) is 23.5 Å². The van der Waals surface area contributed by atoms with Gasteiger partial charge in [-0.25, -0.2) is 4.98 Å². The number of aryl methyl sites for hydroxylation is 2. The van der Waals surface area contributed by atoms with E-state index >= 15 is 0 Å². The summed E-state index contributed by atoms with van der Waals surface area (Å²) in [6.45, 7) is 3.28.